The lowest BCUT2D eigenvalue weighted by Crippen LogP contribution is -2.32. The number of carbonyl (C=O) groups excluding carboxylic acids is 1. The van der Waals surface area contributed by atoms with Crippen LogP contribution in [0.4, 0.5) is 0 Å². The van der Waals surface area contributed by atoms with Gasteiger partial charge in [0, 0.05) is 30.8 Å². The van der Waals surface area contributed by atoms with E-state index in [9.17, 15) is 4.79 Å². The summed E-state index contributed by atoms with van der Waals surface area (Å²) in [4.78, 5) is 14.2. The lowest BCUT2D eigenvalue weighted by molar-refractivity contribution is 0.0778. The summed E-state index contributed by atoms with van der Waals surface area (Å²) < 4.78 is 2.96. The number of aromatic nitrogens is 2. The smallest absolute Gasteiger partial charge is 0.274 e. The van der Waals surface area contributed by atoms with Crippen molar-refractivity contribution in [3.8, 4) is 0 Å². The van der Waals surface area contributed by atoms with E-state index in [0.29, 0.717) is 18.3 Å². The van der Waals surface area contributed by atoms with Crippen LogP contribution in [0.5, 0.6) is 0 Å². The highest BCUT2D eigenvalue weighted by Gasteiger charge is 2.19. The molecule has 1 amide bonds. The van der Waals surface area contributed by atoms with Crippen molar-refractivity contribution in [3.05, 3.63) is 52.3 Å². The fourth-order valence-electron chi connectivity index (χ4n) is 2.85. The zero-order valence-electron chi connectivity index (χ0n) is 13.2. The van der Waals surface area contributed by atoms with E-state index in [2.05, 4.69) is 26.3 Å². The predicted octanol–water partition coefficient (Wildman–Crippen LogP) is 2.84. The Hall–Kier alpha value is -1.66. The van der Waals surface area contributed by atoms with Gasteiger partial charge in [-0.1, -0.05) is 28.1 Å². The van der Waals surface area contributed by atoms with Crippen molar-refractivity contribution in [2.75, 3.05) is 20.1 Å². The molecule has 3 rings (SSSR count). The third-order valence-electron chi connectivity index (χ3n) is 4.15. The molecule has 1 unspecified atom stereocenters. The Kier molecular flexibility index (Phi) is 5.13. The van der Waals surface area contributed by atoms with Gasteiger partial charge in [-0.15, -0.1) is 0 Å². The van der Waals surface area contributed by atoms with Gasteiger partial charge < -0.3 is 10.2 Å². The highest BCUT2D eigenvalue weighted by Crippen LogP contribution is 2.17. The molecule has 1 fully saturated rings. The third kappa shape index (κ3) is 4.00. The van der Waals surface area contributed by atoms with Crippen molar-refractivity contribution in [2.24, 2.45) is 0 Å². The largest absolute Gasteiger partial charge is 0.336 e. The van der Waals surface area contributed by atoms with Crippen LogP contribution < -0.4 is 5.32 Å². The second-order valence-corrected chi connectivity index (χ2v) is 6.88. The molecule has 0 bridgehead atoms. The Morgan fingerprint density at radius 3 is 2.87 bits per heavy atom. The van der Waals surface area contributed by atoms with Gasteiger partial charge in [-0.3, -0.25) is 9.48 Å². The van der Waals surface area contributed by atoms with Gasteiger partial charge in [0.05, 0.1) is 6.04 Å². The molecule has 5 nitrogen and oxygen atoms in total. The Morgan fingerprint density at radius 2 is 2.17 bits per heavy atom. The lowest BCUT2D eigenvalue weighted by Gasteiger charge is -2.23. The minimum absolute atomic E-state index is 0.0459. The molecule has 1 N–H and O–H groups in total. The van der Waals surface area contributed by atoms with E-state index >= 15 is 0 Å². The number of hydrogen-bond acceptors (Lipinski definition) is 3. The summed E-state index contributed by atoms with van der Waals surface area (Å²) in [6.45, 7) is 2.56. The number of carbonyl (C=O) groups is 1. The Balaban J connectivity index is 1.65. The summed E-state index contributed by atoms with van der Waals surface area (Å²) >= 11 is 3.42. The zero-order valence-corrected chi connectivity index (χ0v) is 14.8. The molecule has 2 aromatic rings. The van der Waals surface area contributed by atoms with Crippen molar-refractivity contribution in [2.45, 2.75) is 25.4 Å². The quantitative estimate of drug-likeness (QED) is 0.892. The monoisotopic (exact) mass is 376 g/mol. The molecule has 1 saturated heterocycles. The first-order chi connectivity index (χ1) is 11.1. The zero-order chi connectivity index (χ0) is 16.2. The van der Waals surface area contributed by atoms with Crippen LogP contribution in [0.15, 0.2) is 41.0 Å². The normalized spacial score (nSPS) is 17.9. The SMILES string of the molecule is CN(Cc1ccc(Br)cc1)C(=O)c1ccn(C2CCCNC2)n1. The molecule has 1 aromatic carbocycles. The van der Waals surface area contributed by atoms with Gasteiger partial charge in [0.1, 0.15) is 5.69 Å². The van der Waals surface area contributed by atoms with Gasteiger partial charge in [0.15, 0.2) is 0 Å². The Morgan fingerprint density at radius 1 is 1.39 bits per heavy atom. The topological polar surface area (TPSA) is 50.2 Å². The van der Waals surface area contributed by atoms with Crippen molar-refractivity contribution >= 4 is 21.8 Å². The highest BCUT2D eigenvalue weighted by atomic mass is 79.9. The number of halogens is 1. The van der Waals surface area contributed by atoms with Crippen LogP contribution in [0.2, 0.25) is 0 Å². The number of nitrogens with zero attached hydrogens (tertiary/aromatic N) is 3. The molecule has 1 aliphatic heterocycles. The van der Waals surface area contributed by atoms with Crippen LogP contribution in [-0.4, -0.2) is 40.7 Å². The number of piperidine rings is 1. The van der Waals surface area contributed by atoms with Gasteiger partial charge in [-0.05, 0) is 43.1 Å². The van der Waals surface area contributed by atoms with Crippen LogP contribution in [0, 0.1) is 0 Å². The number of amides is 1. The van der Waals surface area contributed by atoms with E-state index in [4.69, 9.17) is 0 Å². The van der Waals surface area contributed by atoms with Crippen LogP contribution in [-0.2, 0) is 6.54 Å². The van der Waals surface area contributed by atoms with E-state index in [0.717, 1.165) is 36.0 Å². The molecule has 0 radical (unpaired) electrons. The fraction of sp³-hybridized carbons (Fsp3) is 0.412. The summed E-state index contributed by atoms with van der Waals surface area (Å²) in [5, 5.41) is 7.86. The van der Waals surface area contributed by atoms with Crippen molar-refractivity contribution < 1.29 is 4.79 Å². The van der Waals surface area contributed by atoms with Crippen molar-refractivity contribution in [1.82, 2.24) is 20.0 Å². The summed E-state index contributed by atoms with van der Waals surface area (Å²) in [7, 11) is 1.81. The molecule has 6 heteroatoms. The summed E-state index contributed by atoms with van der Waals surface area (Å²) in [5.41, 5.74) is 1.61. The first-order valence-corrected chi connectivity index (χ1v) is 8.68. The van der Waals surface area contributed by atoms with E-state index < -0.39 is 0 Å². The van der Waals surface area contributed by atoms with Gasteiger partial charge in [-0.2, -0.15) is 5.10 Å². The van der Waals surface area contributed by atoms with Crippen molar-refractivity contribution in [3.63, 3.8) is 0 Å². The first kappa shape index (κ1) is 16.2. The number of hydrogen-bond donors (Lipinski definition) is 1. The first-order valence-electron chi connectivity index (χ1n) is 7.89. The molecule has 0 spiro atoms. The van der Waals surface area contributed by atoms with Gasteiger partial charge in [0.25, 0.3) is 5.91 Å². The molecule has 1 aliphatic rings. The highest BCUT2D eigenvalue weighted by molar-refractivity contribution is 9.10. The standard InChI is InChI=1S/C17H21BrN4O/c1-21(12-13-4-6-14(18)7-5-13)17(23)16-8-10-22(20-16)15-3-2-9-19-11-15/h4-8,10,15,19H,2-3,9,11-12H2,1H3. The maximum absolute atomic E-state index is 12.5. The Labute approximate surface area is 144 Å². The predicted molar refractivity (Wildman–Crippen MR) is 93.3 cm³/mol. The second kappa shape index (κ2) is 7.27. The fourth-order valence-corrected chi connectivity index (χ4v) is 3.11. The van der Waals surface area contributed by atoms with E-state index in [1.165, 1.54) is 0 Å². The van der Waals surface area contributed by atoms with Gasteiger partial charge in [0.2, 0.25) is 0 Å². The summed E-state index contributed by atoms with van der Waals surface area (Å²) in [6, 6.07) is 10.2. The second-order valence-electron chi connectivity index (χ2n) is 5.97. The molecule has 23 heavy (non-hydrogen) atoms. The number of benzene rings is 1. The van der Waals surface area contributed by atoms with E-state index in [-0.39, 0.29) is 5.91 Å². The van der Waals surface area contributed by atoms with E-state index in [1.807, 2.05) is 48.3 Å². The summed E-state index contributed by atoms with van der Waals surface area (Å²) in [5.74, 6) is -0.0459. The molecule has 0 aliphatic carbocycles. The van der Waals surface area contributed by atoms with E-state index in [1.54, 1.807) is 4.90 Å². The third-order valence-corrected chi connectivity index (χ3v) is 4.68. The van der Waals surface area contributed by atoms with Crippen molar-refractivity contribution in [1.29, 1.82) is 0 Å². The molecule has 1 atom stereocenters. The molecule has 1 aromatic heterocycles. The minimum Gasteiger partial charge on any atom is -0.336 e. The van der Waals surface area contributed by atoms with Crippen LogP contribution >= 0.6 is 15.9 Å². The molecule has 122 valence electrons. The Bertz CT molecular complexity index is 661. The average molecular weight is 377 g/mol. The van der Waals surface area contributed by atoms with Crippen LogP contribution in [0.3, 0.4) is 0 Å². The average Bonchev–Trinajstić information content (AvgIpc) is 3.07. The minimum atomic E-state index is -0.0459. The lowest BCUT2D eigenvalue weighted by atomic mass is 10.1. The number of rotatable bonds is 4. The maximum Gasteiger partial charge on any atom is 0.274 e. The number of nitrogens with one attached hydrogen (secondary N) is 1. The van der Waals surface area contributed by atoms with Gasteiger partial charge >= 0.3 is 0 Å². The van der Waals surface area contributed by atoms with Crippen LogP contribution in [0.25, 0.3) is 0 Å². The van der Waals surface area contributed by atoms with Gasteiger partial charge in [-0.25, -0.2) is 0 Å². The molecular weight excluding hydrogens is 356 g/mol. The molecular formula is C17H21BrN4O. The van der Waals surface area contributed by atoms with Crippen LogP contribution in [0.1, 0.15) is 34.9 Å². The summed E-state index contributed by atoms with van der Waals surface area (Å²) in [6.07, 6.45) is 4.17. The molecule has 0 saturated carbocycles. The molecule has 2 heterocycles. The maximum atomic E-state index is 12.5.